The minimum Gasteiger partial charge on any atom is -0.386 e. The molecule has 2 rings (SSSR count). The van der Waals surface area contributed by atoms with Gasteiger partial charge >= 0.3 is 0 Å². The van der Waals surface area contributed by atoms with Crippen molar-refractivity contribution in [1.29, 1.82) is 0 Å². The molecule has 0 aromatic carbocycles. The normalized spacial score (nSPS) is 37.4. The van der Waals surface area contributed by atoms with Crippen molar-refractivity contribution >= 4 is 0 Å². The summed E-state index contributed by atoms with van der Waals surface area (Å²) in [5.74, 6) is 0.663. The summed E-state index contributed by atoms with van der Waals surface area (Å²) in [6.45, 7) is 4.42. The first-order chi connectivity index (χ1) is 6.27. The first-order valence-electron chi connectivity index (χ1n) is 5.04. The highest BCUT2D eigenvalue weighted by atomic mass is 14.9. The van der Waals surface area contributed by atoms with Crippen LogP contribution in [0.2, 0.25) is 0 Å². The molecule has 0 aromatic heterocycles. The third kappa shape index (κ3) is 1.69. The summed E-state index contributed by atoms with van der Waals surface area (Å²) >= 11 is 0. The van der Waals surface area contributed by atoms with Crippen molar-refractivity contribution in [2.45, 2.75) is 32.7 Å². The van der Waals surface area contributed by atoms with E-state index in [1.165, 1.54) is 17.7 Å². The molecule has 1 heteroatoms. The molecule has 0 aromatic rings. The molecule has 1 aliphatic heterocycles. The Morgan fingerprint density at radius 1 is 1.31 bits per heavy atom. The monoisotopic (exact) mass is 175 g/mol. The van der Waals surface area contributed by atoms with Crippen molar-refractivity contribution in [1.82, 2.24) is 5.32 Å². The second kappa shape index (κ2) is 3.41. The molecule has 1 heterocycles. The summed E-state index contributed by atoms with van der Waals surface area (Å²) in [6.07, 6.45) is 11.3. The Balaban J connectivity index is 2.30. The van der Waals surface area contributed by atoms with Crippen molar-refractivity contribution < 1.29 is 0 Å². The zero-order valence-corrected chi connectivity index (χ0v) is 8.38. The third-order valence-electron chi connectivity index (χ3n) is 3.12. The second-order valence-electron chi connectivity index (χ2n) is 4.04. The highest BCUT2D eigenvalue weighted by Crippen LogP contribution is 2.28. The van der Waals surface area contributed by atoms with Crippen LogP contribution in [0.4, 0.5) is 0 Å². The lowest BCUT2D eigenvalue weighted by Crippen LogP contribution is -2.35. The molecule has 0 spiro atoms. The van der Waals surface area contributed by atoms with Crippen molar-refractivity contribution in [3.05, 3.63) is 35.6 Å². The number of hydrogen-bond acceptors (Lipinski definition) is 1. The van der Waals surface area contributed by atoms with Crippen LogP contribution >= 0.6 is 0 Å². The molecule has 2 aliphatic rings. The van der Waals surface area contributed by atoms with Crippen molar-refractivity contribution in [3.8, 4) is 0 Å². The zero-order valence-electron chi connectivity index (χ0n) is 8.38. The molecule has 13 heavy (non-hydrogen) atoms. The summed E-state index contributed by atoms with van der Waals surface area (Å²) in [6, 6.07) is 0.648. The van der Waals surface area contributed by atoms with E-state index in [4.69, 9.17) is 0 Å². The van der Waals surface area contributed by atoms with Gasteiger partial charge in [-0.05, 0) is 32.3 Å². The first-order valence-corrected chi connectivity index (χ1v) is 5.04. The summed E-state index contributed by atoms with van der Waals surface area (Å²) < 4.78 is 0. The molecule has 70 valence electrons. The van der Waals surface area contributed by atoms with E-state index in [1.54, 1.807) is 0 Å². The van der Waals surface area contributed by atoms with Crippen molar-refractivity contribution in [2.24, 2.45) is 5.92 Å². The maximum atomic E-state index is 3.56. The number of rotatable bonds is 0. The van der Waals surface area contributed by atoms with Gasteiger partial charge in [0.1, 0.15) is 0 Å². The predicted molar refractivity (Wildman–Crippen MR) is 56.3 cm³/mol. The first kappa shape index (κ1) is 8.61. The Kier molecular flexibility index (Phi) is 2.26. The topological polar surface area (TPSA) is 12.0 Å². The van der Waals surface area contributed by atoms with Gasteiger partial charge in [-0.3, -0.25) is 0 Å². The molecular formula is C12H17N. The van der Waals surface area contributed by atoms with E-state index in [0.29, 0.717) is 12.0 Å². The third-order valence-corrected chi connectivity index (χ3v) is 3.12. The molecule has 1 nitrogen and oxygen atoms in total. The van der Waals surface area contributed by atoms with Crippen LogP contribution in [0.5, 0.6) is 0 Å². The Morgan fingerprint density at radius 2 is 2.15 bits per heavy atom. The lowest BCUT2D eigenvalue weighted by atomic mass is 9.85. The number of hydrogen-bond donors (Lipinski definition) is 1. The highest BCUT2D eigenvalue weighted by Gasteiger charge is 2.22. The van der Waals surface area contributed by atoms with Gasteiger partial charge in [-0.25, -0.2) is 0 Å². The number of fused-ring (bicyclic) bond motifs is 2. The van der Waals surface area contributed by atoms with Crippen molar-refractivity contribution in [3.63, 3.8) is 0 Å². The number of nitrogens with one attached hydrogen (secondary N) is 1. The Labute approximate surface area is 80.2 Å². The maximum absolute atomic E-state index is 3.56. The van der Waals surface area contributed by atoms with Gasteiger partial charge in [0.15, 0.2) is 0 Å². The molecule has 2 bridgehead atoms. The lowest BCUT2D eigenvalue weighted by Gasteiger charge is -2.32. The fourth-order valence-electron chi connectivity index (χ4n) is 2.14. The van der Waals surface area contributed by atoms with Crippen LogP contribution in [0.3, 0.4) is 0 Å². The average Bonchev–Trinajstić information content (AvgIpc) is 2.07. The molecule has 2 atom stereocenters. The molecule has 0 radical (unpaired) electrons. The van der Waals surface area contributed by atoms with Crippen LogP contribution in [0.15, 0.2) is 35.6 Å². The zero-order chi connectivity index (χ0) is 9.26. The van der Waals surface area contributed by atoms with E-state index >= 15 is 0 Å². The van der Waals surface area contributed by atoms with Gasteiger partial charge in [0.05, 0.1) is 0 Å². The summed E-state index contributed by atoms with van der Waals surface area (Å²) in [7, 11) is 0. The molecule has 1 unspecified atom stereocenters. The maximum Gasteiger partial charge on any atom is 0.0301 e. The van der Waals surface area contributed by atoms with Crippen LogP contribution in [-0.4, -0.2) is 6.04 Å². The lowest BCUT2D eigenvalue weighted by molar-refractivity contribution is 0.444. The van der Waals surface area contributed by atoms with E-state index in [0.717, 1.165) is 6.42 Å². The van der Waals surface area contributed by atoms with E-state index in [1.807, 2.05) is 0 Å². The summed E-state index contributed by atoms with van der Waals surface area (Å²) in [5.41, 5.74) is 2.88. The Bertz CT molecular complexity index is 283. The van der Waals surface area contributed by atoms with E-state index < -0.39 is 0 Å². The smallest absolute Gasteiger partial charge is 0.0301 e. The minimum atomic E-state index is 0.648. The quantitative estimate of drug-likeness (QED) is 0.597. The predicted octanol–water partition coefficient (Wildman–Crippen LogP) is 2.77. The van der Waals surface area contributed by atoms with Crippen molar-refractivity contribution in [2.75, 3.05) is 0 Å². The molecule has 1 N–H and O–H groups in total. The van der Waals surface area contributed by atoms with Gasteiger partial charge < -0.3 is 5.32 Å². The van der Waals surface area contributed by atoms with E-state index in [9.17, 15) is 0 Å². The van der Waals surface area contributed by atoms with Crippen LogP contribution in [0.1, 0.15) is 26.7 Å². The molecule has 0 saturated carbocycles. The van der Waals surface area contributed by atoms with E-state index in [-0.39, 0.29) is 0 Å². The molecule has 1 aliphatic carbocycles. The Morgan fingerprint density at radius 3 is 3.00 bits per heavy atom. The van der Waals surface area contributed by atoms with Gasteiger partial charge in [-0.2, -0.15) is 0 Å². The van der Waals surface area contributed by atoms with Gasteiger partial charge in [0, 0.05) is 17.7 Å². The van der Waals surface area contributed by atoms with Gasteiger partial charge in [-0.15, -0.1) is 0 Å². The summed E-state index contributed by atoms with van der Waals surface area (Å²) in [5, 5.41) is 3.56. The van der Waals surface area contributed by atoms with E-state index in [2.05, 4.69) is 43.5 Å². The minimum absolute atomic E-state index is 0.648. The van der Waals surface area contributed by atoms with Crippen LogP contribution in [0, 0.1) is 5.92 Å². The molecule has 0 fully saturated rings. The van der Waals surface area contributed by atoms with Crippen LogP contribution in [-0.2, 0) is 0 Å². The van der Waals surface area contributed by atoms with Gasteiger partial charge in [0.2, 0.25) is 0 Å². The highest BCUT2D eigenvalue weighted by molar-refractivity contribution is 5.24. The molecule has 0 amide bonds. The summed E-state index contributed by atoms with van der Waals surface area (Å²) in [4.78, 5) is 0. The standard InChI is InChI=1S/C12H17N/c1-9-10(2)13-12-7-5-3-4-6-11(9)8-12/h3-6,11-13H,7-8H2,1-2H3/b5-3-,6-4-/t11-,12?/m1/s1. The van der Waals surface area contributed by atoms with Gasteiger partial charge in [-0.1, -0.05) is 24.3 Å². The fraction of sp³-hybridized carbons (Fsp3) is 0.500. The number of allylic oxidation sites excluding steroid dienone is 5. The fourth-order valence-corrected chi connectivity index (χ4v) is 2.14. The molecule has 0 saturated heterocycles. The largest absolute Gasteiger partial charge is 0.386 e. The molecular weight excluding hydrogens is 158 g/mol. The Hall–Kier alpha value is -0.980. The second-order valence-corrected chi connectivity index (χ2v) is 4.04. The van der Waals surface area contributed by atoms with Crippen LogP contribution < -0.4 is 5.32 Å². The van der Waals surface area contributed by atoms with Gasteiger partial charge in [0.25, 0.3) is 0 Å². The van der Waals surface area contributed by atoms with Crippen LogP contribution in [0.25, 0.3) is 0 Å². The average molecular weight is 175 g/mol. The SMILES string of the molecule is CC1=C(C)[C@@H]2/C=C\C=C/CC(C2)N1.